The molecule has 0 saturated heterocycles. The summed E-state index contributed by atoms with van der Waals surface area (Å²) in [5.74, 6) is -0.438. The molecule has 28 heavy (non-hydrogen) atoms. The zero-order valence-corrected chi connectivity index (χ0v) is 16.6. The van der Waals surface area contributed by atoms with Crippen LogP contribution in [-0.4, -0.2) is 30.0 Å². The number of hydrogen-bond acceptors (Lipinski definition) is 3. The maximum Gasteiger partial charge on any atom is 0.262 e. The lowest BCUT2D eigenvalue weighted by molar-refractivity contribution is -0.120. The highest BCUT2D eigenvalue weighted by molar-refractivity contribution is 6.33. The molecule has 0 radical (unpaired) electrons. The fourth-order valence-electron chi connectivity index (χ4n) is 3.26. The number of carbonyl (C=O) groups is 2. The number of nitrogens with zero attached hydrogens (tertiary/aromatic N) is 1. The Balaban J connectivity index is 2.22. The molecule has 2 aromatic carbocycles. The number of fused-ring (bicyclic) bond motifs is 1. The molecule has 1 amide bonds. The molecule has 1 aromatic heterocycles. The molecule has 0 bridgehead atoms. The summed E-state index contributed by atoms with van der Waals surface area (Å²) in [6, 6.07) is 8.70. The number of carbonyl (C=O) groups excluding carboxylic acids is 2. The van der Waals surface area contributed by atoms with Crippen LogP contribution in [0, 0.1) is 12.7 Å². The molecule has 0 aliphatic rings. The molecule has 0 aliphatic heterocycles. The molecular weight excluding hydrogens is 383 g/mol. The number of halogens is 2. The summed E-state index contributed by atoms with van der Waals surface area (Å²) in [5.41, 5.74) is 2.24. The van der Waals surface area contributed by atoms with Gasteiger partial charge in [-0.15, -0.1) is 0 Å². The van der Waals surface area contributed by atoms with Crippen molar-refractivity contribution in [3.63, 3.8) is 0 Å². The van der Waals surface area contributed by atoms with E-state index in [1.54, 1.807) is 19.1 Å². The van der Waals surface area contributed by atoms with Crippen LogP contribution in [0.5, 0.6) is 5.75 Å². The van der Waals surface area contributed by atoms with Crippen LogP contribution in [0.15, 0.2) is 36.4 Å². The van der Waals surface area contributed by atoms with Gasteiger partial charge in [0.05, 0.1) is 24.1 Å². The molecule has 146 valence electrons. The van der Waals surface area contributed by atoms with Crippen LogP contribution >= 0.6 is 11.6 Å². The number of hydrogen-bond donors (Lipinski definition) is 1. The number of aromatic nitrogens is 1. The number of methoxy groups -OCH3 is 1. The van der Waals surface area contributed by atoms with Gasteiger partial charge in [-0.2, -0.15) is 0 Å². The Morgan fingerprint density at radius 2 is 1.89 bits per heavy atom. The van der Waals surface area contributed by atoms with E-state index in [1.165, 1.54) is 35.9 Å². The lowest BCUT2D eigenvalue weighted by Gasteiger charge is -2.08. The van der Waals surface area contributed by atoms with Crippen molar-refractivity contribution in [1.82, 2.24) is 9.88 Å². The second kappa shape index (κ2) is 8.02. The van der Waals surface area contributed by atoms with Gasteiger partial charge in [0, 0.05) is 23.2 Å². The molecule has 1 heterocycles. The van der Waals surface area contributed by atoms with Crippen LogP contribution in [0.3, 0.4) is 0 Å². The molecule has 0 saturated carbocycles. The maximum atomic E-state index is 13.2. The Hall–Kier alpha value is -2.86. The van der Waals surface area contributed by atoms with Crippen LogP contribution < -0.4 is 10.1 Å². The standard InChI is InChI=1S/C21H20ClFN2O3/c1-4-24-20(26)10-15-12(2)25(21(27)13-5-7-14(23)8-6-13)18-11-17(22)19(28-3)9-16(15)18/h5-9,11H,4,10H2,1-3H3,(H,24,26). The van der Waals surface area contributed by atoms with E-state index in [2.05, 4.69) is 5.32 Å². The lowest BCUT2D eigenvalue weighted by atomic mass is 10.1. The third kappa shape index (κ3) is 3.60. The van der Waals surface area contributed by atoms with E-state index in [1.807, 2.05) is 6.92 Å². The normalized spacial score (nSPS) is 10.9. The largest absolute Gasteiger partial charge is 0.495 e. The minimum absolute atomic E-state index is 0.116. The quantitative estimate of drug-likeness (QED) is 0.698. The topological polar surface area (TPSA) is 60.3 Å². The first kappa shape index (κ1) is 19.9. The Bertz CT molecular complexity index is 1060. The molecule has 0 unspecified atom stereocenters. The van der Waals surface area contributed by atoms with Crippen LogP contribution in [0.25, 0.3) is 10.9 Å². The number of rotatable bonds is 5. The van der Waals surface area contributed by atoms with E-state index in [9.17, 15) is 14.0 Å². The zero-order chi connectivity index (χ0) is 20.4. The molecule has 5 nitrogen and oxygen atoms in total. The monoisotopic (exact) mass is 402 g/mol. The van der Waals surface area contributed by atoms with Gasteiger partial charge >= 0.3 is 0 Å². The van der Waals surface area contributed by atoms with Crippen LogP contribution in [0.4, 0.5) is 4.39 Å². The van der Waals surface area contributed by atoms with Crippen LogP contribution in [0.2, 0.25) is 5.02 Å². The summed E-state index contributed by atoms with van der Waals surface area (Å²) in [6.45, 7) is 4.13. The summed E-state index contributed by atoms with van der Waals surface area (Å²) in [5, 5.41) is 3.83. The summed E-state index contributed by atoms with van der Waals surface area (Å²) in [6.07, 6.45) is 0.116. The maximum absolute atomic E-state index is 13.2. The number of likely N-dealkylation sites (N-methyl/N-ethyl adjacent to an activating group) is 1. The van der Waals surface area contributed by atoms with Crippen molar-refractivity contribution in [2.75, 3.05) is 13.7 Å². The molecule has 7 heteroatoms. The van der Waals surface area contributed by atoms with E-state index in [0.717, 1.165) is 0 Å². The van der Waals surface area contributed by atoms with Crippen molar-refractivity contribution in [3.8, 4) is 5.75 Å². The predicted molar refractivity (Wildman–Crippen MR) is 107 cm³/mol. The number of benzene rings is 2. The van der Waals surface area contributed by atoms with E-state index in [4.69, 9.17) is 16.3 Å². The van der Waals surface area contributed by atoms with Gasteiger partial charge in [0.2, 0.25) is 5.91 Å². The second-order valence-corrected chi connectivity index (χ2v) is 6.75. The van der Waals surface area contributed by atoms with E-state index < -0.39 is 5.82 Å². The minimum Gasteiger partial charge on any atom is -0.495 e. The molecular formula is C21H20ClFN2O3. The Morgan fingerprint density at radius 3 is 2.50 bits per heavy atom. The first-order valence-electron chi connectivity index (χ1n) is 8.81. The summed E-state index contributed by atoms with van der Waals surface area (Å²) >= 11 is 6.29. The number of ether oxygens (including phenoxy) is 1. The van der Waals surface area contributed by atoms with Crippen molar-refractivity contribution in [2.45, 2.75) is 20.3 Å². The van der Waals surface area contributed by atoms with Crippen molar-refractivity contribution >= 4 is 34.3 Å². The Morgan fingerprint density at radius 1 is 1.21 bits per heavy atom. The van der Waals surface area contributed by atoms with Crippen molar-refractivity contribution < 1.29 is 18.7 Å². The summed E-state index contributed by atoms with van der Waals surface area (Å²) < 4.78 is 20.0. The number of amides is 1. The first-order valence-corrected chi connectivity index (χ1v) is 9.19. The molecule has 3 rings (SSSR count). The molecule has 0 fully saturated rings. The molecule has 0 aliphatic carbocycles. The van der Waals surface area contributed by atoms with E-state index >= 15 is 0 Å². The number of nitrogens with one attached hydrogen (secondary N) is 1. The highest BCUT2D eigenvalue weighted by atomic mass is 35.5. The average molecular weight is 403 g/mol. The van der Waals surface area contributed by atoms with Gasteiger partial charge in [0.1, 0.15) is 11.6 Å². The van der Waals surface area contributed by atoms with E-state index in [0.29, 0.717) is 45.0 Å². The van der Waals surface area contributed by atoms with Crippen molar-refractivity contribution in [1.29, 1.82) is 0 Å². The van der Waals surface area contributed by atoms with Gasteiger partial charge in [-0.05, 0) is 55.8 Å². The molecule has 1 N–H and O–H groups in total. The van der Waals surface area contributed by atoms with Crippen molar-refractivity contribution in [3.05, 3.63) is 64.1 Å². The summed E-state index contributed by atoms with van der Waals surface area (Å²) in [7, 11) is 1.50. The molecule has 0 spiro atoms. The van der Waals surface area contributed by atoms with Crippen molar-refractivity contribution in [2.24, 2.45) is 0 Å². The Kier molecular flexibility index (Phi) is 5.70. The zero-order valence-electron chi connectivity index (χ0n) is 15.8. The van der Waals surface area contributed by atoms with Gasteiger partial charge in [0.15, 0.2) is 0 Å². The van der Waals surface area contributed by atoms with Gasteiger partial charge in [-0.25, -0.2) is 4.39 Å². The highest BCUT2D eigenvalue weighted by Gasteiger charge is 2.23. The van der Waals surface area contributed by atoms with Crippen LogP contribution in [0.1, 0.15) is 28.5 Å². The van der Waals surface area contributed by atoms with Gasteiger partial charge in [-0.1, -0.05) is 11.6 Å². The first-order chi connectivity index (χ1) is 13.4. The SMILES string of the molecule is CCNC(=O)Cc1c(C)n(C(=O)c2ccc(F)cc2)c2cc(Cl)c(OC)cc12. The smallest absolute Gasteiger partial charge is 0.262 e. The third-order valence-electron chi connectivity index (χ3n) is 4.61. The Labute approximate surface area is 167 Å². The second-order valence-electron chi connectivity index (χ2n) is 6.35. The summed E-state index contributed by atoms with van der Waals surface area (Å²) in [4.78, 5) is 25.4. The highest BCUT2D eigenvalue weighted by Crippen LogP contribution is 2.35. The molecule has 3 aromatic rings. The third-order valence-corrected chi connectivity index (χ3v) is 4.91. The molecule has 0 atom stereocenters. The minimum atomic E-state index is -0.421. The van der Waals surface area contributed by atoms with Crippen LogP contribution in [-0.2, 0) is 11.2 Å². The van der Waals surface area contributed by atoms with Gasteiger partial charge < -0.3 is 10.1 Å². The van der Waals surface area contributed by atoms with E-state index in [-0.39, 0.29) is 18.2 Å². The lowest BCUT2D eigenvalue weighted by Crippen LogP contribution is -2.24. The van der Waals surface area contributed by atoms with Gasteiger partial charge in [0.25, 0.3) is 5.91 Å². The average Bonchev–Trinajstić information content (AvgIpc) is 2.92. The predicted octanol–water partition coefficient (Wildman–Crippen LogP) is 4.12. The van der Waals surface area contributed by atoms with Gasteiger partial charge in [-0.3, -0.25) is 14.2 Å². The fraction of sp³-hybridized carbons (Fsp3) is 0.238. The fourth-order valence-corrected chi connectivity index (χ4v) is 3.50.